The summed E-state index contributed by atoms with van der Waals surface area (Å²) in [4.78, 5) is 29.0. The number of carbonyl (C=O) groups is 2. The third-order valence-corrected chi connectivity index (χ3v) is 26.5. The van der Waals surface area contributed by atoms with Crippen molar-refractivity contribution in [2.75, 3.05) is 91.9 Å². The van der Waals surface area contributed by atoms with E-state index in [1.807, 2.05) is 180 Å². The summed E-state index contributed by atoms with van der Waals surface area (Å²) in [6.45, 7) is 127. The summed E-state index contributed by atoms with van der Waals surface area (Å²) in [6.07, 6.45) is 55.0. The van der Waals surface area contributed by atoms with Gasteiger partial charge in [-0.25, -0.2) is 0 Å². The lowest BCUT2D eigenvalue weighted by Gasteiger charge is -2.34. The van der Waals surface area contributed by atoms with Gasteiger partial charge in [-0.1, -0.05) is 435 Å². The molecule has 8 fully saturated rings. The molecule has 9 nitrogen and oxygen atoms in total. The number of piperidine rings is 2. The Hall–Kier alpha value is -2.24. The van der Waals surface area contributed by atoms with Crippen molar-refractivity contribution >= 4 is 11.6 Å². The van der Waals surface area contributed by atoms with Crippen LogP contribution in [0.25, 0.3) is 0 Å². The van der Waals surface area contributed by atoms with Crippen LogP contribution >= 0.6 is 0 Å². The number of nitrogens with one attached hydrogen (secondary N) is 2. The van der Waals surface area contributed by atoms with Crippen LogP contribution in [0.15, 0.2) is 58.2 Å². The van der Waals surface area contributed by atoms with Crippen LogP contribution < -0.4 is 10.6 Å². The molecule has 7 aliphatic heterocycles. The number of nitrogens with zero attached hydrogens (tertiary/aromatic N) is 3. The lowest BCUT2D eigenvalue weighted by molar-refractivity contribution is -0.117. The summed E-state index contributed by atoms with van der Waals surface area (Å²) in [5, 5.41) is 6.66. The Bertz CT molecular complexity index is 2220. The van der Waals surface area contributed by atoms with Crippen molar-refractivity contribution in [3.8, 4) is 0 Å². The average Bonchev–Trinajstić information content (AvgIpc) is 1.68. The molecule has 0 spiro atoms. The van der Waals surface area contributed by atoms with Crippen LogP contribution in [-0.2, 0) is 19.1 Å². The molecule has 9 heteroatoms. The van der Waals surface area contributed by atoms with Crippen LogP contribution in [0, 0.1) is 88.8 Å². The first-order valence-corrected chi connectivity index (χ1v) is 61.5. The number of ether oxygens (including phenoxy) is 2. The number of allylic oxidation sites excluding steroid dienone is 6. The molecule has 0 radical (unpaired) electrons. The van der Waals surface area contributed by atoms with E-state index in [1.165, 1.54) is 238 Å². The standard InChI is InChI=1S/C9H18.C9H16.C8H17N.C8H15N.C8H17N.C8H16O.2C8H14O.C8H12O.C8H16.C8H14.C7H15N.C6H13N.13C2H6/c2*1-8(2)9-6-4-3-5-7-9;2*1-7(2)8-3-5-9-6-4-8;1-8(2)9-6-4-3-5-7-9;2*1-7(2)8-3-5-9-6-4-8;2*1-6(2)7-3-4-8(9)5-7;3*1-7(2)8-5-3-4-6-8;1-6(2)7-4-3-5-7;13*1-2/h8-9H,3-7H2,1-2H3;6,8H,3-5,7H2,1-2H3;7-9H,3-6H2,1-2H3;3,7,9H,4-6H2,1-2H3;8H,3-7H2,1-2H3;7-8H,3-6H2,1-2H3;3,7H,4-6H2,1-2H3;6-7H,3-5H2,1-2H3;5-6H,3-4H2,1-2H3;7-8H,3-6H2,1-2H3;5,7H,3-4,6H2,1-2H3;7H,3-6H2,1-2H3;6H,3-5H2,1-2H3;13*1-2H3. The summed E-state index contributed by atoms with van der Waals surface area (Å²) >= 11 is 0. The molecular formula is C129H275N5O4. The molecule has 1 unspecified atom stereocenters. The van der Waals surface area contributed by atoms with Crippen LogP contribution in [0.2, 0.25) is 0 Å². The van der Waals surface area contributed by atoms with Crippen molar-refractivity contribution in [1.29, 1.82) is 0 Å². The molecule has 7 heterocycles. The fraction of sp³-hybridized carbons (Fsp3) is 0.907. The van der Waals surface area contributed by atoms with Gasteiger partial charge in [-0.15, -0.1) is 0 Å². The van der Waals surface area contributed by atoms with Gasteiger partial charge in [0.15, 0.2) is 5.78 Å². The third kappa shape index (κ3) is 104. The van der Waals surface area contributed by atoms with Crippen molar-refractivity contribution in [2.45, 2.75) is 590 Å². The highest BCUT2D eigenvalue weighted by Gasteiger charge is 2.25. The van der Waals surface area contributed by atoms with Crippen LogP contribution in [0.5, 0.6) is 0 Å². The molecule has 6 aliphatic carbocycles. The van der Waals surface area contributed by atoms with Crippen molar-refractivity contribution in [1.82, 2.24) is 25.3 Å². The van der Waals surface area contributed by atoms with Gasteiger partial charge in [-0.3, -0.25) is 9.59 Å². The van der Waals surface area contributed by atoms with Gasteiger partial charge in [-0.05, 0) is 324 Å². The first-order valence-electron chi connectivity index (χ1n) is 61.5. The van der Waals surface area contributed by atoms with Gasteiger partial charge in [0.1, 0.15) is 5.78 Å². The normalized spacial score (nSPS) is 18.5. The first kappa shape index (κ1) is 164. The van der Waals surface area contributed by atoms with Gasteiger partial charge in [0.05, 0.1) is 13.2 Å². The SMILES string of the molecule is CC.CC.CC.CC.CC.CC.CC.CC.CC.CC.CC.CC.CC.CC(C)C1=CC(=O)CC1.CC(C)C1=CCCC1.CC(C)C1=CCCCC1.CC(C)C1=CCNCC1.CC(C)C1=CCOCC1.CC(C)C1CCC(=O)C1.CC(C)C1CCCC1.CC(C)C1CCCCC1.CC(C)C1CCNCC1.CC(C)C1CCOCC1.CC(C)N1CCC1.CC(C)N1CCCC1.CC(C)N1CCCCC1. The number of ketones is 2. The third-order valence-electron chi connectivity index (χ3n) is 26.5. The zero-order valence-electron chi connectivity index (χ0n) is 106. The highest BCUT2D eigenvalue weighted by molar-refractivity contribution is 5.93. The number of rotatable bonds is 13. The number of likely N-dealkylation sites (tertiary alicyclic amines) is 3. The predicted octanol–water partition coefficient (Wildman–Crippen LogP) is 41.0. The van der Waals surface area contributed by atoms with Crippen LogP contribution in [0.1, 0.15) is 572 Å². The van der Waals surface area contributed by atoms with E-state index in [9.17, 15) is 9.59 Å². The minimum Gasteiger partial charge on any atom is -0.381 e. The monoisotopic (exact) mass is 1960 g/mol. The van der Waals surface area contributed by atoms with Crippen molar-refractivity contribution in [3.05, 3.63) is 58.2 Å². The molecule has 840 valence electrons. The Labute approximate surface area is 879 Å². The molecule has 3 saturated carbocycles. The minimum absolute atomic E-state index is 0.304. The number of hydrogen-bond acceptors (Lipinski definition) is 9. The molecule has 0 aromatic rings. The predicted molar refractivity (Wildman–Crippen MR) is 644 cm³/mol. The maximum absolute atomic E-state index is 10.8. The highest BCUT2D eigenvalue weighted by Crippen LogP contribution is 2.33. The van der Waals surface area contributed by atoms with E-state index < -0.39 is 0 Å². The van der Waals surface area contributed by atoms with Gasteiger partial charge < -0.3 is 34.8 Å². The molecule has 0 amide bonds. The smallest absolute Gasteiger partial charge is 0.155 e. The van der Waals surface area contributed by atoms with Crippen molar-refractivity contribution in [2.24, 2.45) is 88.8 Å². The second kappa shape index (κ2) is 127. The Morgan fingerprint density at radius 1 is 0.254 bits per heavy atom. The van der Waals surface area contributed by atoms with Gasteiger partial charge in [0.2, 0.25) is 0 Å². The number of Topliss-reactive ketones (excluding diaryl/α,β-unsaturated/α-hetero) is 1. The summed E-state index contributed by atoms with van der Waals surface area (Å²) in [7, 11) is 0. The topological polar surface area (TPSA) is 86.4 Å². The fourth-order valence-corrected chi connectivity index (χ4v) is 17.2. The quantitative estimate of drug-likeness (QED) is 0.175. The number of hydrogen-bond donors (Lipinski definition) is 2. The lowest BCUT2D eigenvalue weighted by atomic mass is 9.82. The van der Waals surface area contributed by atoms with E-state index in [4.69, 9.17) is 9.47 Å². The van der Waals surface area contributed by atoms with E-state index in [0.29, 0.717) is 35.2 Å². The van der Waals surface area contributed by atoms with E-state index >= 15 is 0 Å². The first-order chi connectivity index (χ1) is 66.2. The molecule has 13 rings (SSSR count). The second-order valence-electron chi connectivity index (χ2n) is 39.7. The maximum atomic E-state index is 10.8. The summed E-state index contributed by atoms with van der Waals surface area (Å²) < 4.78 is 10.4. The molecule has 138 heavy (non-hydrogen) atoms. The Morgan fingerprint density at radius 3 is 0.783 bits per heavy atom. The molecule has 5 saturated heterocycles. The van der Waals surface area contributed by atoms with Crippen molar-refractivity contribution < 1.29 is 19.1 Å². The largest absolute Gasteiger partial charge is 0.381 e. The van der Waals surface area contributed by atoms with E-state index in [0.717, 1.165) is 155 Å². The fourth-order valence-electron chi connectivity index (χ4n) is 17.2. The highest BCUT2D eigenvalue weighted by atomic mass is 16.5. The lowest BCUT2D eigenvalue weighted by Crippen LogP contribution is -2.41. The van der Waals surface area contributed by atoms with Gasteiger partial charge in [0, 0.05) is 57.1 Å². The molecule has 13 aliphatic rings. The molecule has 2 N–H and O–H groups in total. The number of carbonyl (C=O) groups excluding carboxylic acids is 2. The molecule has 0 aromatic carbocycles. The molecule has 1 atom stereocenters. The Morgan fingerprint density at radius 2 is 0.572 bits per heavy atom. The van der Waals surface area contributed by atoms with Crippen molar-refractivity contribution in [3.63, 3.8) is 0 Å². The minimum atomic E-state index is 0.304. The maximum Gasteiger partial charge on any atom is 0.155 e. The Kier molecular flexibility index (Phi) is 151. The summed E-state index contributed by atoms with van der Waals surface area (Å²) in [6, 6.07) is 2.33. The van der Waals surface area contributed by atoms with Gasteiger partial charge >= 0.3 is 0 Å². The molecule has 0 aromatic heterocycles. The zero-order valence-corrected chi connectivity index (χ0v) is 106. The molecule has 0 bridgehead atoms. The van der Waals surface area contributed by atoms with E-state index in [2.05, 4.69) is 230 Å². The average molecular weight is 1960 g/mol. The second-order valence-corrected chi connectivity index (χ2v) is 39.7. The van der Waals surface area contributed by atoms with Crippen LogP contribution in [-0.4, -0.2) is 136 Å². The van der Waals surface area contributed by atoms with Gasteiger partial charge in [0.25, 0.3) is 0 Å². The molecular weight excluding hydrogens is 1680 g/mol. The summed E-state index contributed by atoms with van der Waals surface area (Å²) in [5.74, 6) is 13.5. The van der Waals surface area contributed by atoms with Crippen LogP contribution in [0.4, 0.5) is 0 Å². The zero-order chi connectivity index (χ0) is 110. The van der Waals surface area contributed by atoms with Gasteiger partial charge in [-0.2, -0.15) is 0 Å². The summed E-state index contributed by atoms with van der Waals surface area (Å²) in [5.41, 5.74) is 7.85. The van der Waals surface area contributed by atoms with Crippen LogP contribution in [0.3, 0.4) is 0 Å². The Balaban J connectivity index is -0.000000109. The van der Waals surface area contributed by atoms with E-state index in [1.54, 1.807) is 28.4 Å². The van der Waals surface area contributed by atoms with E-state index in [-0.39, 0.29) is 0 Å².